The van der Waals surface area contributed by atoms with Gasteiger partial charge in [0.05, 0.1) is 17.9 Å². The maximum Gasteiger partial charge on any atom is 0.191 e. The van der Waals surface area contributed by atoms with E-state index in [0.717, 1.165) is 47.6 Å². The quantitative estimate of drug-likeness (QED) is 0.793. The van der Waals surface area contributed by atoms with Gasteiger partial charge < -0.3 is 13.7 Å². The van der Waals surface area contributed by atoms with Gasteiger partial charge in [0.2, 0.25) is 0 Å². The minimum atomic E-state index is 0.362. The second-order valence-electron chi connectivity index (χ2n) is 4.89. The van der Waals surface area contributed by atoms with E-state index in [4.69, 9.17) is 9.15 Å². The number of rotatable bonds is 5. The molecule has 20 heavy (non-hydrogen) atoms. The van der Waals surface area contributed by atoms with Crippen molar-refractivity contribution >= 4 is 11.8 Å². The molecule has 0 aliphatic carbocycles. The fourth-order valence-corrected chi connectivity index (χ4v) is 3.51. The van der Waals surface area contributed by atoms with Crippen LogP contribution in [0.15, 0.2) is 21.9 Å². The molecule has 1 unspecified atom stereocenters. The topological polar surface area (TPSA) is 53.1 Å². The molecule has 1 saturated heterocycles. The van der Waals surface area contributed by atoms with Crippen LogP contribution >= 0.6 is 11.8 Å². The summed E-state index contributed by atoms with van der Waals surface area (Å²) in [6.07, 6.45) is 4.38. The molecule has 0 radical (unpaired) electrons. The molecular weight excluding hydrogens is 274 g/mol. The summed E-state index contributed by atoms with van der Waals surface area (Å²) >= 11 is 1.73. The Morgan fingerprint density at radius 1 is 1.45 bits per heavy atom. The van der Waals surface area contributed by atoms with Gasteiger partial charge in [-0.05, 0) is 32.8 Å². The maximum absolute atomic E-state index is 5.65. The minimum Gasteiger partial charge on any atom is -0.469 e. The lowest BCUT2D eigenvalue weighted by Crippen LogP contribution is -2.09. The molecule has 0 N–H and O–H groups in total. The number of hydrogen-bond acceptors (Lipinski definition) is 5. The maximum atomic E-state index is 5.65. The van der Waals surface area contributed by atoms with Crippen LogP contribution in [0.5, 0.6) is 0 Å². The molecule has 108 valence electrons. The highest BCUT2D eigenvalue weighted by atomic mass is 32.2. The van der Waals surface area contributed by atoms with E-state index in [0.29, 0.717) is 6.10 Å². The van der Waals surface area contributed by atoms with Crippen molar-refractivity contribution in [2.45, 2.75) is 44.5 Å². The Morgan fingerprint density at radius 2 is 2.35 bits per heavy atom. The fraction of sp³-hybridized carbons (Fsp3) is 0.571. The SMILES string of the molecule is CCn1c(SCC2CCCO2)nnc1-c1ccoc1C. The second-order valence-corrected chi connectivity index (χ2v) is 5.87. The zero-order chi connectivity index (χ0) is 13.9. The molecule has 1 fully saturated rings. The van der Waals surface area contributed by atoms with Crippen molar-refractivity contribution in [3.8, 4) is 11.4 Å². The number of nitrogens with zero attached hydrogens (tertiary/aromatic N) is 3. The van der Waals surface area contributed by atoms with Gasteiger partial charge in [-0.2, -0.15) is 0 Å². The normalized spacial score (nSPS) is 18.8. The van der Waals surface area contributed by atoms with Gasteiger partial charge in [-0.15, -0.1) is 10.2 Å². The standard InChI is InChI=1S/C14H19N3O2S/c1-3-17-13(12-6-8-18-10(12)2)15-16-14(17)20-9-11-5-4-7-19-11/h6,8,11H,3-5,7,9H2,1-2H3. The van der Waals surface area contributed by atoms with Crippen molar-refractivity contribution in [1.29, 1.82) is 0 Å². The first-order valence-electron chi connectivity index (χ1n) is 7.01. The van der Waals surface area contributed by atoms with Crippen molar-refractivity contribution in [1.82, 2.24) is 14.8 Å². The summed E-state index contributed by atoms with van der Waals surface area (Å²) in [7, 11) is 0. The summed E-state index contributed by atoms with van der Waals surface area (Å²) in [6.45, 7) is 5.80. The van der Waals surface area contributed by atoms with Crippen LogP contribution in [0.2, 0.25) is 0 Å². The molecule has 0 saturated carbocycles. The smallest absolute Gasteiger partial charge is 0.191 e. The van der Waals surface area contributed by atoms with Crippen molar-refractivity contribution < 1.29 is 9.15 Å². The predicted molar refractivity (Wildman–Crippen MR) is 77.8 cm³/mol. The highest BCUT2D eigenvalue weighted by Gasteiger charge is 2.20. The van der Waals surface area contributed by atoms with Crippen LogP contribution in [0.25, 0.3) is 11.4 Å². The van der Waals surface area contributed by atoms with Crippen molar-refractivity contribution in [3.63, 3.8) is 0 Å². The van der Waals surface area contributed by atoms with E-state index in [-0.39, 0.29) is 0 Å². The van der Waals surface area contributed by atoms with Crippen LogP contribution in [-0.4, -0.2) is 33.2 Å². The Hall–Kier alpha value is -1.27. The largest absolute Gasteiger partial charge is 0.469 e. The first kappa shape index (κ1) is 13.7. The van der Waals surface area contributed by atoms with Crippen molar-refractivity contribution in [2.75, 3.05) is 12.4 Å². The Bertz CT molecular complexity index is 573. The van der Waals surface area contributed by atoms with Gasteiger partial charge in [-0.3, -0.25) is 0 Å². The summed E-state index contributed by atoms with van der Waals surface area (Å²) in [5, 5.41) is 9.61. The third-order valence-corrected chi connectivity index (χ3v) is 4.65. The lowest BCUT2D eigenvalue weighted by atomic mass is 10.2. The molecule has 1 aliphatic rings. The highest BCUT2D eigenvalue weighted by molar-refractivity contribution is 7.99. The summed E-state index contributed by atoms with van der Waals surface area (Å²) in [5.74, 6) is 2.71. The Morgan fingerprint density at radius 3 is 3.00 bits per heavy atom. The van der Waals surface area contributed by atoms with Crippen LogP contribution < -0.4 is 0 Å². The average Bonchev–Trinajstić information content (AvgIpc) is 3.16. The lowest BCUT2D eigenvalue weighted by molar-refractivity contribution is 0.129. The number of furan rings is 1. The van der Waals surface area contributed by atoms with E-state index in [1.807, 2.05) is 13.0 Å². The van der Waals surface area contributed by atoms with Crippen LogP contribution in [-0.2, 0) is 11.3 Å². The van der Waals surface area contributed by atoms with Gasteiger partial charge >= 0.3 is 0 Å². The molecule has 6 heteroatoms. The van der Waals surface area contributed by atoms with Crippen LogP contribution in [0.4, 0.5) is 0 Å². The molecule has 0 aromatic carbocycles. The van der Waals surface area contributed by atoms with E-state index in [9.17, 15) is 0 Å². The molecule has 3 heterocycles. The number of hydrogen-bond donors (Lipinski definition) is 0. The van der Waals surface area contributed by atoms with Crippen molar-refractivity contribution in [2.24, 2.45) is 0 Å². The zero-order valence-corrected chi connectivity index (χ0v) is 12.7. The van der Waals surface area contributed by atoms with E-state index in [2.05, 4.69) is 21.7 Å². The second kappa shape index (κ2) is 6.01. The summed E-state index contributed by atoms with van der Waals surface area (Å²) in [4.78, 5) is 0. The molecule has 0 spiro atoms. The first-order valence-corrected chi connectivity index (χ1v) is 8.00. The molecule has 3 rings (SSSR count). The van der Waals surface area contributed by atoms with Crippen LogP contribution in [0.3, 0.4) is 0 Å². The van der Waals surface area contributed by atoms with E-state index < -0.39 is 0 Å². The third-order valence-electron chi connectivity index (χ3n) is 3.56. The summed E-state index contributed by atoms with van der Waals surface area (Å²) in [6, 6.07) is 1.94. The van der Waals surface area contributed by atoms with Gasteiger partial charge in [0.1, 0.15) is 5.76 Å². The molecule has 2 aromatic heterocycles. The van der Waals surface area contributed by atoms with E-state index in [1.54, 1.807) is 18.0 Å². The van der Waals surface area contributed by atoms with Crippen LogP contribution in [0, 0.1) is 6.92 Å². The monoisotopic (exact) mass is 293 g/mol. The number of thioether (sulfide) groups is 1. The molecule has 0 bridgehead atoms. The number of aryl methyl sites for hydroxylation is 1. The van der Waals surface area contributed by atoms with E-state index in [1.165, 1.54) is 6.42 Å². The van der Waals surface area contributed by atoms with Gasteiger partial charge in [0, 0.05) is 18.9 Å². The van der Waals surface area contributed by atoms with Crippen molar-refractivity contribution in [3.05, 3.63) is 18.1 Å². The van der Waals surface area contributed by atoms with Gasteiger partial charge in [-0.1, -0.05) is 11.8 Å². The fourth-order valence-electron chi connectivity index (χ4n) is 2.44. The number of aromatic nitrogens is 3. The summed E-state index contributed by atoms with van der Waals surface area (Å²) < 4.78 is 13.2. The predicted octanol–water partition coefficient (Wildman–Crippen LogP) is 3.14. The number of ether oxygens (including phenoxy) is 1. The molecule has 5 nitrogen and oxygen atoms in total. The van der Waals surface area contributed by atoms with Gasteiger partial charge in [0.15, 0.2) is 11.0 Å². The first-order chi connectivity index (χ1) is 9.79. The highest BCUT2D eigenvalue weighted by Crippen LogP contribution is 2.28. The minimum absolute atomic E-state index is 0.362. The Balaban J connectivity index is 1.78. The third kappa shape index (κ3) is 2.62. The van der Waals surface area contributed by atoms with Gasteiger partial charge in [0.25, 0.3) is 0 Å². The summed E-state index contributed by atoms with van der Waals surface area (Å²) in [5.41, 5.74) is 1.02. The molecule has 1 aliphatic heterocycles. The van der Waals surface area contributed by atoms with Gasteiger partial charge in [-0.25, -0.2) is 0 Å². The molecule has 1 atom stereocenters. The van der Waals surface area contributed by atoms with E-state index >= 15 is 0 Å². The zero-order valence-electron chi connectivity index (χ0n) is 11.8. The average molecular weight is 293 g/mol. The van der Waals surface area contributed by atoms with Crippen LogP contribution in [0.1, 0.15) is 25.5 Å². The lowest BCUT2D eigenvalue weighted by Gasteiger charge is -2.09. The molecule has 2 aromatic rings. The Kier molecular flexibility index (Phi) is 4.12. The molecule has 0 amide bonds. The Labute approximate surface area is 122 Å². The molecular formula is C14H19N3O2S.